The summed E-state index contributed by atoms with van der Waals surface area (Å²) in [6.07, 6.45) is 0. The van der Waals surface area contributed by atoms with Crippen molar-refractivity contribution >= 4 is 29.0 Å². The number of halogens is 2. The third-order valence-corrected chi connectivity index (χ3v) is 2.55. The van der Waals surface area contributed by atoms with E-state index in [0.29, 0.717) is 28.8 Å². The van der Waals surface area contributed by atoms with Gasteiger partial charge in [0.05, 0.1) is 5.56 Å². The summed E-state index contributed by atoms with van der Waals surface area (Å²) in [5.41, 5.74) is 1.22. The Balaban J connectivity index is 2.87. The first-order valence-corrected chi connectivity index (χ1v) is 5.61. The van der Waals surface area contributed by atoms with E-state index in [2.05, 4.69) is 6.58 Å². The van der Waals surface area contributed by atoms with Crippen molar-refractivity contribution in [2.45, 2.75) is 6.92 Å². The highest BCUT2D eigenvalue weighted by molar-refractivity contribution is 6.31. The predicted octanol–water partition coefficient (Wildman–Crippen LogP) is 3.72. The van der Waals surface area contributed by atoms with Crippen molar-refractivity contribution < 1.29 is 9.53 Å². The molecule has 0 aliphatic carbocycles. The average Bonchev–Trinajstić information content (AvgIpc) is 2.26. The molecule has 0 fully saturated rings. The molecule has 0 unspecified atom stereocenters. The van der Waals surface area contributed by atoms with E-state index >= 15 is 0 Å². The van der Waals surface area contributed by atoms with Crippen LogP contribution < -0.4 is 4.74 Å². The average molecular weight is 259 g/mol. The van der Waals surface area contributed by atoms with E-state index in [9.17, 15) is 4.79 Å². The Bertz CT molecular complexity index is 413. The topological polar surface area (TPSA) is 26.3 Å². The number of Topliss-reactive ketones (excluding diaryl/α,β-unsaturated/α-hetero) is 1. The van der Waals surface area contributed by atoms with E-state index in [1.54, 1.807) is 18.2 Å². The van der Waals surface area contributed by atoms with Crippen LogP contribution in [0.25, 0.3) is 0 Å². The maximum atomic E-state index is 11.3. The largest absolute Gasteiger partial charge is 0.488 e. The normalized spacial score (nSPS) is 9.94. The zero-order valence-corrected chi connectivity index (χ0v) is 10.4. The second-order valence-corrected chi connectivity index (χ2v) is 4.07. The monoisotopic (exact) mass is 258 g/mol. The molecular formula is C12H12Cl2O2. The van der Waals surface area contributed by atoms with Crippen molar-refractivity contribution in [1.29, 1.82) is 0 Å². The highest BCUT2D eigenvalue weighted by Crippen LogP contribution is 2.23. The lowest BCUT2D eigenvalue weighted by molar-refractivity contribution is 0.101. The van der Waals surface area contributed by atoms with Gasteiger partial charge in [0.15, 0.2) is 5.78 Å². The van der Waals surface area contributed by atoms with Gasteiger partial charge in [0.1, 0.15) is 12.4 Å². The molecule has 0 atom stereocenters. The van der Waals surface area contributed by atoms with Gasteiger partial charge in [-0.25, -0.2) is 0 Å². The van der Waals surface area contributed by atoms with E-state index in [1.807, 2.05) is 0 Å². The third-order valence-electron chi connectivity index (χ3n) is 1.94. The van der Waals surface area contributed by atoms with Gasteiger partial charge in [-0.1, -0.05) is 18.2 Å². The van der Waals surface area contributed by atoms with E-state index in [-0.39, 0.29) is 5.78 Å². The summed E-state index contributed by atoms with van der Waals surface area (Å²) >= 11 is 11.4. The molecule has 0 N–H and O–H groups in total. The van der Waals surface area contributed by atoms with Crippen LogP contribution in [0.15, 0.2) is 30.4 Å². The van der Waals surface area contributed by atoms with Crippen LogP contribution in [0.1, 0.15) is 17.3 Å². The Morgan fingerprint density at radius 2 is 2.19 bits per heavy atom. The molecule has 0 heterocycles. The Hall–Kier alpha value is -0.990. The van der Waals surface area contributed by atoms with Gasteiger partial charge in [0, 0.05) is 10.9 Å². The Morgan fingerprint density at radius 1 is 1.50 bits per heavy atom. The molecule has 0 aromatic heterocycles. The van der Waals surface area contributed by atoms with Gasteiger partial charge < -0.3 is 4.74 Å². The minimum absolute atomic E-state index is 0.0889. The molecule has 0 bridgehead atoms. The molecule has 0 saturated heterocycles. The lowest BCUT2D eigenvalue weighted by Crippen LogP contribution is -2.05. The van der Waals surface area contributed by atoms with Gasteiger partial charge in [0.2, 0.25) is 0 Å². The predicted molar refractivity (Wildman–Crippen MR) is 66.8 cm³/mol. The molecule has 0 radical (unpaired) electrons. The van der Waals surface area contributed by atoms with Crippen molar-refractivity contribution in [3.8, 4) is 5.75 Å². The van der Waals surface area contributed by atoms with Gasteiger partial charge >= 0.3 is 0 Å². The van der Waals surface area contributed by atoms with Crippen molar-refractivity contribution in [2.75, 3.05) is 12.5 Å². The summed E-state index contributed by atoms with van der Waals surface area (Å²) in [4.78, 5) is 11.3. The molecule has 0 amide bonds. The number of alkyl halides is 1. The van der Waals surface area contributed by atoms with Crippen molar-refractivity contribution in [3.05, 3.63) is 40.9 Å². The van der Waals surface area contributed by atoms with Gasteiger partial charge in [0.25, 0.3) is 0 Å². The summed E-state index contributed by atoms with van der Waals surface area (Å²) in [5.74, 6) is 0.750. The fourth-order valence-corrected chi connectivity index (χ4v) is 1.37. The van der Waals surface area contributed by atoms with E-state index < -0.39 is 0 Å². The van der Waals surface area contributed by atoms with Gasteiger partial charge in [-0.15, -0.1) is 11.6 Å². The quantitative estimate of drug-likeness (QED) is 0.457. The lowest BCUT2D eigenvalue weighted by Gasteiger charge is -2.10. The standard InChI is InChI=1S/C12H12Cl2O2/c1-8(6-13)7-16-12-4-3-10(14)5-11(12)9(2)15/h3-5H,1,6-7H2,2H3. The van der Waals surface area contributed by atoms with Crippen molar-refractivity contribution in [3.63, 3.8) is 0 Å². The van der Waals surface area contributed by atoms with E-state index in [0.717, 1.165) is 5.57 Å². The van der Waals surface area contributed by atoms with Crippen molar-refractivity contribution in [1.82, 2.24) is 0 Å². The molecule has 86 valence electrons. The van der Waals surface area contributed by atoms with Gasteiger partial charge in [-0.2, -0.15) is 0 Å². The molecule has 1 rings (SSSR count). The molecule has 0 aliphatic heterocycles. The zero-order valence-electron chi connectivity index (χ0n) is 8.93. The Labute approximate surface area is 105 Å². The SMILES string of the molecule is C=C(CCl)COc1ccc(Cl)cc1C(C)=O. The Kier molecular flexibility index (Phi) is 4.84. The van der Waals surface area contributed by atoms with Crippen LogP contribution in [0.3, 0.4) is 0 Å². The maximum absolute atomic E-state index is 11.3. The minimum atomic E-state index is -0.0889. The molecule has 1 aromatic carbocycles. The van der Waals surface area contributed by atoms with E-state index in [1.165, 1.54) is 6.92 Å². The Morgan fingerprint density at radius 3 is 2.75 bits per heavy atom. The van der Waals surface area contributed by atoms with Gasteiger partial charge in [-0.3, -0.25) is 4.79 Å². The number of ketones is 1. The lowest BCUT2D eigenvalue weighted by atomic mass is 10.1. The zero-order chi connectivity index (χ0) is 12.1. The summed E-state index contributed by atoms with van der Waals surface area (Å²) in [7, 11) is 0. The van der Waals surface area contributed by atoms with Crippen LogP contribution in [0.2, 0.25) is 5.02 Å². The molecular weight excluding hydrogens is 247 g/mol. The smallest absolute Gasteiger partial charge is 0.163 e. The molecule has 16 heavy (non-hydrogen) atoms. The minimum Gasteiger partial charge on any atom is -0.488 e. The molecule has 4 heteroatoms. The number of benzene rings is 1. The second-order valence-electron chi connectivity index (χ2n) is 3.37. The molecule has 0 spiro atoms. The summed E-state index contributed by atoms with van der Waals surface area (Å²) < 4.78 is 5.44. The number of hydrogen-bond acceptors (Lipinski definition) is 2. The fraction of sp³-hybridized carbons (Fsp3) is 0.250. The molecule has 0 saturated carbocycles. The fourth-order valence-electron chi connectivity index (χ4n) is 1.12. The first-order valence-electron chi connectivity index (χ1n) is 4.70. The summed E-state index contributed by atoms with van der Waals surface area (Å²) in [6.45, 7) is 5.48. The van der Waals surface area contributed by atoms with Crippen LogP contribution in [0, 0.1) is 0 Å². The van der Waals surface area contributed by atoms with Crippen molar-refractivity contribution in [2.24, 2.45) is 0 Å². The van der Waals surface area contributed by atoms with Crippen LogP contribution in [0.4, 0.5) is 0 Å². The van der Waals surface area contributed by atoms with Crippen LogP contribution >= 0.6 is 23.2 Å². The number of carbonyl (C=O) groups excluding carboxylic acids is 1. The molecule has 0 aliphatic rings. The van der Waals surface area contributed by atoms with Crippen LogP contribution in [-0.4, -0.2) is 18.3 Å². The van der Waals surface area contributed by atoms with Crippen LogP contribution in [0.5, 0.6) is 5.75 Å². The second kappa shape index (κ2) is 5.92. The molecule has 1 aromatic rings. The number of carbonyl (C=O) groups is 1. The first kappa shape index (κ1) is 13.1. The number of ether oxygens (including phenoxy) is 1. The van der Waals surface area contributed by atoms with E-state index in [4.69, 9.17) is 27.9 Å². The summed E-state index contributed by atoms with van der Waals surface area (Å²) in [6, 6.07) is 4.93. The van der Waals surface area contributed by atoms with Crippen LogP contribution in [-0.2, 0) is 0 Å². The highest BCUT2D eigenvalue weighted by Gasteiger charge is 2.09. The first-order chi connectivity index (χ1) is 7.54. The third kappa shape index (κ3) is 3.54. The maximum Gasteiger partial charge on any atom is 0.163 e. The van der Waals surface area contributed by atoms with Gasteiger partial charge in [-0.05, 0) is 30.7 Å². The molecule has 2 nitrogen and oxygen atoms in total. The summed E-state index contributed by atoms with van der Waals surface area (Å²) in [5, 5.41) is 0.508. The number of rotatable bonds is 5. The number of hydrogen-bond donors (Lipinski definition) is 0. The highest BCUT2D eigenvalue weighted by atomic mass is 35.5.